The summed E-state index contributed by atoms with van der Waals surface area (Å²) in [5.74, 6) is -1.04. The summed E-state index contributed by atoms with van der Waals surface area (Å²) in [6.07, 6.45) is 3.20. The van der Waals surface area contributed by atoms with Gasteiger partial charge in [0.25, 0.3) is 0 Å². The number of nitrogens with two attached hydrogens (primary N) is 1. The van der Waals surface area contributed by atoms with Crippen LogP contribution in [0.4, 0.5) is 0 Å². The molecule has 106 valence electrons. The van der Waals surface area contributed by atoms with Crippen molar-refractivity contribution < 1.29 is 14.6 Å². The number of carboxylic acids is 1. The average Bonchev–Trinajstić information content (AvgIpc) is 2.38. The molecule has 5 nitrogen and oxygen atoms in total. The van der Waals surface area contributed by atoms with Crippen LogP contribution in [0.5, 0.6) is 0 Å². The molecule has 5 heteroatoms. The summed E-state index contributed by atoms with van der Waals surface area (Å²) in [7, 11) is 0. The number of hydrogen-bond acceptors (Lipinski definition) is 4. The summed E-state index contributed by atoms with van der Waals surface area (Å²) < 4.78 is 5.74. The first kappa shape index (κ1) is 15.4. The molecule has 0 bridgehead atoms. The lowest BCUT2D eigenvalue weighted by atomic mass is 9.98. The van der Waals surface area contributed by atoms with Gasteiger partial charge in [-0.2, -0.15) is 0 Å². The molecule has 1 heterocycles. The Morgan fingerprint density at radius 3 is 2.56 bits per heavy atom. The second kappa shape index (κ2) is 7.71. The molecule has 1 aliphatic rings. The van der Waals surface area contributed by atoms with Crippen molar-refractivity contribution in [2.45, 2.75) is 45.3 Å². The maximum atomic E-state index is 11.0. The van der Waals surface area contributed by atoms with E-state index >= 15 is 0 Å². The number of nitrogens with zero attached hydrogens (tertiary/aromatic N) is 1. The minimum absolute atomic E-state index is 0.0903. The van der Waals surface area contributed by atoms with Gasteiger partial charge in [0.2, 0.25) is 0 Å². The Balaban J connectivity index is 2.28. The van der Waals surface area contributed by atoms with Gasteiger partial charge in [0.15, 0.2) is 0 Å². The van der Waals surface area contributed by atoms with Gasteiger partial charge < -0.3 is 15.6 Å². The predicted molar refractivity (Wildman–Crippen MR) is 70.5 cm³/mol. The van der Waals surface area contributed by atoms with Crippen molar-refractivity contribution in [2.75, 3.05) is 26.2 Å². The molecule has 0 radical (unpaired) electrons. The number of piperidine rings is 1. The molecular formula is C13H26N2O3. The van der Waals surface area contributed by atoms with Crippen molar-refractivity contribution in [1.82, 2.24) is 4.90 Å². The van der Waals surface area contributed by atoms with E-state index in [1.54, 1.807) is 6.92 Å². The number of ether oxygens (including phenoxy) is 1. The summed E-state index contributed by atoms with van der Waals surface area (Å²) in [6, 6.07) is 0.0903. The van der Waals surface area contributed by atoms with Gasteiger partial charge >= 0.3 is 5.97 Å². The fraction of sp³-hybridized carbons (Fsp3) is 0.923. The molecular weight excluding hydrogens is 232 g/mol. The highest BCUT2D eigenvalue weighted by molar-refractivity contribution is 5.70. The minimum Gasteiger partial charge on any atom is -0.481 e. The van der Waals surface area contributed by atoms with Crippen LogP contribution in [0.3, 0.4) is 0 Å². The molecule has 0 aromatic rings. The van der Waals surface area contributed by atoms with Crippen LogP contribution >= 0.6 is 0 Å². The van der Waals surface area contributed by atoms with Gasteiger partial charge in [0.1, 0.15) is 0 Å². The van der Waals surface area contributed by atoms with E-state index in [0.29, 0.717) is 12.6 Å². The van der Waals surface area contributed by atoms with Crippen molar-refractivity contribution >= 4 is 5.97 Å². The summed E-state index contributed by atoms with van der Waals surface area (Å²) in [4.78, 5) is 13.2. The smallest absolute Gasteiger partial charge is 0.307 e. The number of carbonyl (C=O) groups is 1. The van der Waals surface area contributed by atoms with E-state index in [1.807, 2.05) is 6.92 Å². The largest absolute Gasteiger partial charge is 0.481 e. The second-order valence-corrected chi connectivity index (χ2v) is 5.12. The van der Waals surface area contributed by atoms with E-state index in [-0.39, 0.29) is 12.0 Å². The molecule has 1 aliphatic heterocycles. The maximum absolute atomic E-state index is 11.0. The first-order valence-corrected chi connectivity index (χ1v) is 6.84. The third-order valence-electron chi connectivity index (χ3n) is 3.87. The maximum Gasteiger partial charge on any atom is 0.307 e. The lowest BCUT2D eigenvalue weighted by Crippen LogP contribution is -2.46. The van der Waals surface area contributed by atoms with Gasteiger partial charge in [-0.15, -0.1) is 0 Å². The highest BCUT2D eigenvalue weighted by Gasteiger charge is 2.28. The minimum atomic E-state index is -0.719. The zero-order valence-electron chi connectivity index (χ0n) is 11.5. The Morgan fingerprint density at radius 1 is 1.44 bits per heavy atom. The standard InChI is InChI=1S/C13H26N2O3/c1-10(13(16)17)11(2)15-7-4-12(5-8-15)18-9-3-6-14/h10-12H,3-9,14H2,1-2H3,(H,16,17). The molecule has 1 saturated heterocycles. The first-order chi connectivity index (χ1) is 8.56. The number of carboxylic acid groups (broad SMARTS) is 1. The summed E-state index contributed by atoms with van der Waals surface area (Å²) >= 11 is 0. The Hall–Kier alpha value is -0.650. The molecule has 0 aliphatic carbocycles. The van der Waals surface area contributed by atoms with Crippen LogP contribution in [-0.2, 0) is 9.53 Å². The topological polar surface area (TPSA) is 75.8 Å². The van der Waals surface area contributed by atoms with E-state index in [0.717, 1.165) is 39.0 Å². The molecule has 0 aromatic carbocycles. The van der Waals surface area contributed by atoms with Crippen LogP contribution in [-0.4, -0.2) is 54.4 Å². The summed E-state index contributed by atoms with van der Waals surface area (Å²) in [5, 5.41) is 9.02. The normalized spacial score (nSPS) is 21.7. The van der Waals surface area contributed by atoms with Crippen LogP contribution in [0.1, 0.15) is 33.1 Å². The molecule has 2 atom stereocenters. The lowest BCUT2D eigenvalue weighted by Gasteiger charge is -2.37. The molecule has 1 rings (SSSR count). The quantitative estimate of drug-likeness (QED) is 0.664. The Kier molecular flexibility index (Phi) is 6.60. The van der Waals surface area contributed by atoms with Crippen molar-refractivity contribution in [1.29, 1.82) is 0 Å². The predicted octanol–water partition coefficient (Wildman–Crippen LogP) is 0.925. The first-order valence-electron chi connectivity index (χ1n) is 6.84. The van der Waals surface area contributed by atoms with Crippen molar-refractivity contribution in [3.63, 3.8) is 0 Å². The highest BCUT2D eigenvalue weighted by Crippen LogP contribution is 2.19. The van der Waals surface area contributed by atoms with E-state index in [1.165, 1.54) is 0 Å². The van der Waals surface area contributed by atoms with Gasteiger partial charge in [-0.3, -0.25) is 9.69 Å². The van der Waals surface area contributed by atoms with Gasteiger partial charge in [-0.25, -0.2) is 0 Å². The fourth-order valence-electron chi connectivity index (χ4n) is 2.31. The highest BCUT2D eigenvalue weighted by atomic mass is 16.5. The summed E-state index contributed by atoms with van der Waals surface area (Å²) in [6.45, 7) is 7.03. The Bertz CT molecular complexity index is 253. The molecule has 0 aromatic heterocycles. The molecule has 3 N–H and O–H groups in total. The monoisotopic (exact) mass is 258 g/mol. The van der Waals surface area contributed by atoms with Gasteiger partial charge in [-0.1, -0.05) is 6.92 Å². The third kappa shape index (κ3) is 4.55. The molecule has 0 spiro atoms. The van der Waals surface area contributed by atoms with Crippen LogP contribution in [0.25, 0.3) is 0 Å². The number of rotatable bonds is 7. The number of hydrogen-bond donors (Lipinski definition) is 2. The van der Waals surface area contributed by atoms with Crippen molar-refractivity contribution in [3.05, 3.63) is 0 Å². The van der Waals surface area contributed by atoms with Gasteiger partial charge in [0.05, 0.1) is 12.0 Å². The van der Waals surface area contributed by atoms with E-state index in [9.17, 15) is 4.79 Å². The van der Waals surface area contributed by atoms with Crippen LogP contribution < -0.4 is 5.73 Å². The van der Waals surface area contributed by atoms with Crippen LogP contribution in [0.2, 0.25) is 0 Å². The zero-order chi connectivity index (χ0) is 13.5. The van der Waals surface area contributed by atoms with E-state index < -0.39 is 5.97 Å². The molecule has 0 saturated carbocycles. The lowest BCUT2D eigenvalue weighted by molar-refractivity contribution is -0.143. The Labute approximate surface area is 109 Å². The second-order valence-electron chi connectivity index (χ2n) is 5.12. The average molecular weight is 258 g/mol. The fourth-order valence-corrected chi connectivity index (χ4v) is 2.31. The molecule has 2 unspecified atom stereocenters. The number of likely N-dealkylation sites (tertiary alicyclic amines) is 1. The summed E-state index contributed by atoms with van der Waals surface area (Å²) in [5.41, 5.74) is 5.42. The van der Waals surface area contributed by atoms with Crippen LogP contribution in [0, 0.1) is 5.92 Å². The Morgan fingerprint density at radius 2 is 2.06 bits per heavy atom. The van der Waals surface area contributed by atoms with Crippen LogP contribution in [0.15, 0.2) is 0 Å². The molecule has 1 fully saturated rings. The van der Waals surface area contributed by atoms with Crippen molar-refractivity contribution in [3.8, 4) is 0 Å². The van der Waals surface area contributed by atoms with Crippen molar-refractivity contribution in [2.24, 2.45) is 11.7 Å². The number of aliphatic carboxylic acids is 1. The zero-order valence-corrected chi connectivity index (χ0v) is 11.5. The van der Waals surface area contributed by atoms with E-state index in [2.05, 4.69) is 4.90 Å². The van der Waals surface area contributed by atoms with E-state index in [4.69, 9.17) is 15.6 Å². The third-order valence-corrected chi connectivity index (χ3v) is 3.87. The van der Waals surface area contributed by atoms with Gasteiger partial charge in [-0.05, 0) is 32.7 Å². The molecule has 0 amide bonds. The SMILES string of the molecule is CC(C(=O)O)C(C)N1CCC(OCCCN)CC1. The van der Waals surface area contributed by atoms with Gasteiger partial charge in [0, 0.05) is 25.7 Å². The molecule has 18 heavy (non-hydrogen) atoms.